The van der Waals surface area contributed by atoms with Gasteiger partial charge in [0.25, 0.3) is 5.91 Å². The molecule has 2 unspecified atom stereocenters. The molecule has 1 N–H and O–H groups in total. The smallest absolute Gasteiger partial charge is 0.392 e. The monoisotopic (exact) mass is 663 g/mol. The summed E-state index contributed by atoms with van der Waals surface area (Å²) in [4.78, 5) is 39.1. The number of nitrogens with one attached hydrogen (secondary N) is 1. The second-order valence-electron chi connectivity index (χ2n) is 13.4. The largest absolute Gasteiger partial charge is 0.466 e. The van der Waals surface area contributed by atoms with E-state index >= 15 is 0 Å². The lowest BCUT2D eigenvalue weighted by atomic mass is 9.82. The molecule has 1 aliphatic carbocycles. The van der Waals surface area contributed by atoms with Crippen LogP contribution < -0.4 is 5.32 Å². The number of halogens is 3. The van der Waals surface area contributed by atoms with Gasteiger partial charge >= 0.3 is 12.1 Å². The minimum absolute atomic E-state index is 0.0731. The van der Waals surface area contributed by atoms with Crippen molar-refractivity contribution in [1.82, 2.24) is 5.01 Å². The van der Waals surface area contributed by atoms with E-state index in [1.807, 2.05) is 57.2 Å². The van der Waals surface area contributed by atoms with E-state index in [2.05, 4.69) is 10.4 Å². The number of esters is 1. The zero-order valence-corrected chi connectivity index (χ0v) is 27.5. The summed E-state index contributed by atoms with van der Waals surface area (Å²) in [6, 6.07) is 22.2. The van der Waals surface area contributed by atoms with E-state index in [-0.39, 0.29) is 37.0 Å². The molecule has 0 aromatic heterocycles. The molecule has 3 aromatic carbocycles. The molecular formula is C37H40F3N3O5. The van der Waals surface area contributed by atoms with Crippen molar-refractivity contribution >= 4 is 29.4 Å². The van der Waals surface area contributed by atoms with Gasteiger partial charge in [0, 0.05) is 11.3 Å². The summed E-state index contributed by atoms with van der Waals surface area (Å²) in [5.74, 6) is -4.60. The third kappa shape index (κ3) is 8.42. The number of carbonyl (C=O) groups is 3. The first-order chi connectivity index (χ1) is 22.7. The quantitative estimate of drug-likeness (QED) is 0.216. The van der Waals surface area contributed by atoms with Gasteiger partial charge in [0.2, 0.25) is 11.8 Å². The average Bonchev–Trinajstić information content (AvgIpc) is 3.81. The number of rotatable bonds is 11. The van der Waals surface area contributed by atoms with Gasteiger partial charge in [-0.05, 0) is 87.4 Å². The van der Waals surface area contributed by atoms with Crippen LogP contribution in [0.3, 0.4) is 0 Å². The summed E-state index contributed by atoms with van der Waals surface area (Å²) in [6.07, 6.45) is -3.17. The second kappa shape index (κ2) is 13.8. The first-order valence-corrected chi connectivity index (χ1v) is 16.0. The molecule has 0 radical (unpaired) electrons. The number of hydrogen-bond acceptors (Lipinski definition) is 6. The standard InChI is InChI=1S/C37H40F3N3O5/c1-5-29(37(38,39)40)31(32(45)41-28-13-9-10-25(20-28)21-36(18-19-36)34(46)48-35(2,3)4)26-16-14-24(15-17-26)22-43-30(44)23-47-33(42-43)27-11-7-6-8-12-27/h6-17,20,29,31H,5,18-19,21-23H2,1-4H3,(H,41,45). The first kappa shape index (κ1) is 34.7. The van der Waals surface area contributed by atoms with E-state index in [1.54, 1.807) is 30.3 Å². The zero-order valence-electron chi connectivity index (χ0n) is 27.5. The second-order valence-corrected chi connectivity index (χ2v) is 13.4. The molecule has 2 atom stereocenters. The average molecular weight is 664 g/mol. The van der Waals surface area contributed by atoms with Crippen molar-refractivity contribution in [3.63, 3.8) is 0 Å². The molecule has 48 heavy (non-hydrogen) atoms. The van der Waals surface area contributed by atoms with Crippen LogP contribution in [0.15, 0.2) is 84.0 Å². The number of hydrazone groups is 1. The van der Waals surface area contributed by atoms with Crippen molar-refractivity contribution in [3.8, 4) is 0 Å². The van der Waals surface area contributed by atoms with Crippen molar-refractivity contribution in [2.75, 3.05) is 11.9 Å². The Hall–Kier alpha value is -4.67. The number of benzene rings is 3. The molecule has 2 aliphatic rings. The van der Waals surface area contributed by atoms with E-state index in [0.717, 1.165) is 5.56 Å². The predicted molar refractivity (Wildman–Crippen MR) is 175 cm³/mol. The molecule has 1 aliphatic heterocycles. The molecule has 0 spiro atoms. The molecule has 1 heterocycles. The highest BCUT2D eigenvalue weighted by Crippen LogP contribution is 2.50. The van der Waals surface area contributed by atoms with Crippen LogP contribution in [-0.4, -0.2) is 47.1 Å². The normalized spacial score (nSPS) is 17.1. The van der Waals surface area contributed by atoms with E-state index in [9.17, 15) is 27.6 Å². The van der Waals surface area contributed by atoms with Gasteiger partial charge in [-0.25, -0.2) is 5.01 Å². The van der Waals surface area contributed by atoms with Gasteiger partial charge in [-0.1, -0.05) is 61.5 Å². The number of alkyl halides is 3. The minimum Gasteiger partial charge on any atom is -0.466 e. The molecular weight excluding hydrogens is 623 g/mol. The summed E-state index contributed by atoms with van der Waals surface area (Å²) in [7, 11) is 0. The van der Waals surface area contributed by atoms with Crippen LogP contribution in [0.4, 0.5) is 18.9 Å². The van der Waals surface area contributed by atoms with Gasteiger partial charge < -0.3 is 14.8 Å². The highest BCUT2D eigenvalue weighted by molar-refractivity contribution is 5.98. The zero-order chi connectivity index (χ0) is 34.7. The Kier molecular flexibility index (Phi) is 9.98. The molecule has 3 aromatic rings. The third-order valence-corrected chi connectivity index (χ3v) is 8.49. The lowest BCUT2D eigenvalue weighted by molar-refractivity contribution is -0.183. The van der Waals surface area contributed by atoms with Gasteiger partial charge in [0.1, 0.15) is 5.60 Å². The van der Waals surface area contributed by atoms with Crippen molar-refractivity contribution in [3.05, 3.63) is 101 Å². The van der Waals surface area contributed by atoms with Crippen LogP contribution >= 0.6 is 0 Å². The van der Waals surface area contributed by atoms with Crippen LogP contribution in [-0.2, 0) is 36.8 Å². The Labute approximate surface area is 278 Å². The van der Waals surface area contributed by atoms with Crippen LogP contribution in [0.25, 0.3) is 0 Å². The molecule has 1 fully saturated rings. The third-order valence-electron chi connectivity index (χ3n) is 8.49. The fourth-order valence-corrected chi connectivity index (χ4v) is 5.83. The lowest BCUT2D eigenvalue weighted by Gasteiger charge is -2.28. The maximum absolute atomic E-state index is 14.3. The summed E-state index contributed by atoms with van der Waals surface area (Å²) in [5, 5.41) is 8.30. The first-order valence-electron chi connectivity index (χ1n) is 16.0. The number of ether oxygens (including phenoxy) is 2. The molecule has 0 saturated heterocycles. The van der Waals surface area contributed by atoms with Crippen molar-refractivity contribution in [2.45, 2.75) is 77.6 Å². The summed E-state index contributed by atoms with van der Waals surface area (Å²) < 4.78 is 54.1. The minimum atomic E-state index is -4.63. The fourth-order valence-electron chi connectivity index (χ4n) is 5.83. The summed E-state index contributed by atoms with van der Waals surface area (Å²) in [5.41, 5.74) is 1.38. The molecule has 254 valence electrons. The number of carbonyl (C=O) groups excluding carboxylic acids is 3. The topological polar surface area (TPSA) is 97.3 Å². The fraction of sp³-hybridized carbons (Fsp3) is 0.405. The Morgan fingerprint density at radius 3 is 2.27 bits per heavy atom. The summed E-state index contributed by atoms with van der Waals surface area (Å²) in [6.45, 7) is 6.72. The number of amides is 2. The van der Waals surface area contributed by atoms with Gasteiger partial charge in [-0.2, -0.15) is 13.2 Å². The highest BCUT2D eigenvalue weighted by atomic mass is 19.4. The lowest BCUT2D eigenvalue weighted by Crippen LogP contribution is -2.36. The maximum Gasteiger partial charge on any atom is 0.392 e. The molecule has 8 nitrogen and oxygen atoms in total. The molecule has 2 amide bonds. The van der Waals surface area contributed by atoms with Crippen LogP contribution in [0.2, 0.25) is 0 Å². The van der Waals surface area contributed by atoms with Crippen molar-refractivity contribution in [1.29, 1.82) is 0 Å². The van der Waals surface area contributed by atoms with E-state index in [1.165, 1.54) is 24.1 Å². The van der Waals surface area contributed by atoms with Crippen molar-refractivity contribution in [2.24, 2.45) is 16.4 Å². The van der Waals surface area contributed by atoms with Gasteiger partial charge in [-0.3, -0.25) is 14.4 Å². The number of anilines is 1. The molecule has 0 bridgehead atoms. The van der Waals surface area contributed by atoms with E-state index in [0.29, 0.717) is 42.0 Å². The number of nitrogens with zero attached hydrogens (tertiary/aromatic N) is 2. The van der Waals surface area contributed by atoms with E-state index < -0.39 is 34.9 Å². The SMILES string of the molecule is CCC(C(C(=O)Nc1cccc(CC2(C(=O)OC(C)(C)C)CC2)c1)c1ccc(CN2N=C(c3ccccc3)OCC2=O)cc1)C(F)(F)F. The Morgan fingerprint density at radius 1 is 0.979 bits per heavy atom. The van der Waals surface area contributed by atoms with Gasteiger partial charge in [0.15, 0.2) is 6.61 Å². The molecule has 5 rings (SSSR count). The van der Waals surface area contributed by atoms with Gasteiger partial charge in [0.05, 0.1) is 23.8 Å². The molecule has 1 saturated carbocycles. The maximum atomic E-state index is 14.3. The van der Waals surface area contributed by atoms with Crippen LogP contribution in [0.5, 0.6) is 0 Å². The van der Waals surface area contributed by atoms with Crippen molar-refractivity contribution < 1.29 is 37.0 Å². The number of hydrogen-bond donors (Lipinski definition) is 1. The Morgan fingerprint density at radius 2 is 1.67 bits per heavy atom. The summed E-state index contributed by atoms with van der Waals surface area (Å²) >= 11 is 0. The van der Waals surface area contributed by atoms with Gasteiger partial charge in [-0.15, -0.1) is 5.10 Å². The molecule has 11 heteroatoms. The van der Waals surface area contributed by atoms with Crippen LogP contribution in [0.1, 0.15) is 75.1 Å². The Bertz CT molecular complexity index is 1660. The van der Waals surface area contributed by atoms with E-state index in [4.69, 9.17) is 9.47 Å². The highest BCUT2D eigenvalue weighted by Gasteiger charge is 2.52. The Balaban J connectivity index is 1.33. The van der Waals surface area contributed by atoms with Crippen LogP contribution in [0, 0.1) is 11.3 Å². The predicted octanol–water partition coefficient (Wildman–Crippen LogP) is 7.38.